The van der Waals surface area contributed by atoms with E-state index in [4.69, 9.17) is 10.6 Å². The number of methoxy groups -OCH3 is 1. The molecule has 3 nitrogen and oxygen atoms in total. The van der Waals surface area contributed by atoms with E-state index in [1.54, 1.807) is 7.11 Å². The van der Waals surface area contributed by atoms with E-state index in [0.29, 0.717) is 0 Å². The molecular weight excluding hydrogens is 188 g/mol. The van der Waals surface area contributed by atoms with Gasteiger partial charge in [0.1, 0.15) is 0 Å². The molecule has 1 rings (SSSR count). The highest BCUT2D eigenvalue weighted by molar-refractivity contribution is 4.86. The van der Waals surface area contributed by atoms with E-state index in [1.165, 1.54) is 32.1 Å². The van der Waals surface area contributed by atoms with E-state index < -0.39 is 0 Å². The molecule has 1 fully saturated rings. The Bertz CT molecular complexity index is 176. The summed E-state index contributed by atoms with van der Waals surface area (Å²) in [6, 6.07) is 0.255. The number of nitrogens with two attached hydrogens (primary N) is 1. The van der Waals surface area contributed by atoms with Crippen LogP contribution in [0.15, 0.2) is 0 Å². The minimum atomic E-state index is -0.174. The first-order valence-electron chi connectivity index (χ1n) is 6.11. The number of hydrogen-bond acceptors (Lipinski definition) is 3. The molecule has 1 unspecified atom stereocenters. The molecule has 1 atom stereocenters. The van der Waals surface area contributed by atoms with Gasteiger partial charge in [0, 0.05) is 13.2 Å². The Hall–Kier alpha value is -0.120. The molecule has 3 N–H and O–H groups in total. The van der Waals surface area contributed by atoms with Gasteiger partial charge in [-0.05, 0) is 26.2 Å². The van der Waals surface area contributed by atoms with Gasteiger partial charge in [-0.25, -0.2) is 0 Å². The van der Waals surface area contributed by atoms with Crippen LogP contribution in [0.25, 0.3) is 0 Å². The van der Waals surface area contributed by atoms with Crippen LogP contribution in [-0.4, -0.2) is 18.8 Å². The van der Waals surface area contributed by atoms with Crippen molar-refractivity contribution in [2.75, 3.05) is 7.11 Å². The number of rotatable bonds is 5. The summed E-state index contributed by atoms with van der Waals surface area (Å²) in [5, 5.41) is 0. The van der Waals surface area contributed by atoms with Crippen molar-refractivity contribution in [3.8, 4) is 0 Å². The van der Waals surface area contributed by atoms with Crippen LogP contribution in [0.5, 0.6) is 0 Å². The Kier molecular flexibility index (Phi) is 5.03. The van der Waals surface area contributed by atoms with Crippen molar-refractivity contribution in [1.82, 2.24) is 5.43 Å². The molecular formula is C12H26N2O. The molecule has 0 aliphatic heterocycles. The summed E-state index contributed by atoms with van der Waals surface area (Å²) < 4.78 is 5.49. The molecule has 0 aromatic rings. The standard InChI is InChI=1S/C12H26N2O/c1-12(2,15-3)11(14-13)9-10-7-5-4-6-8-10/h10-11,14H,4-9,13H2,1-3H3. The largest absolute Gasteiger partial charge is 0.377 e. The van der Waals surface area contributed by atoms with Gasteiger partial charge < -0.3 is 4.74 Å². The van der Waals surface area contributed by atoms with Crippen molar-refractivity contribution in [3.63, 3.8) is 0 Å². The number of ether oxygens (including phenoxy) is 1. The van der Waals surface area contributed by atoms with Gasteiger partial charge in [0.15, 0.2) is 0 Å². The third-order valence-electron chi connectivity index (χ3n) is 3.86. The summed E-state index contributed by atoms with van der Waals surface area (Å²) in [6.07, 6.45) is 8.03. The average molecular weight is 214 g/mol. The molecule has 0 bridgehead atoms. The molecule has 0 aromatic heterocycles. The maximum absolute atomic E-state index is 5.62. The molecule has 0 saturated heterocycles. The van der Waals surface area contributed by atoms with Crippen molar-refractivity contribution < 1.29 is 4.74 Å². The van der Waals surface area contributed by atoms with Gasteiger partial charge in [-0.3, -0.25) is 11.3 Å². The Balaban J connectivity index is 2.44. The lowest BCUT2D eigenvalue weighted by atomic mass is 9.81. The van der Waals surface area contributed by atoms with Crippen LogP contribution >= 0.6 is 0 Å². The topological polar surface area (TPSA) is 47.3 Å². The van der Waals surface area contributed by atoms with Crippen molar-refractivity contribution in [1.29, 1.82) is 0 Å². The Morgan fingerprint density at radius 3 is 2.40 bits per heavy atom. The first-order valence-corrected chi connectivity index (χ1v) is 6.11. The van der Waals surface area contributed by atoms with E-state index in [1.807, 2.05) is 0 Å². The molecule has 0 aromatic carbocycles. The van der Waals surface area contributed by atoms with E-state index in [0.717, 1.165) is 12.3 Å². The van der Waals surface area contributed by atoms with Crippen LogP contribution in [-0.2, 0) is 4.74 Å². The van der Waals surface area contributed by atoms with E-state index in [2.05, 4.69) is 19.3 Å². The molecule has 0 spiro atoms. The minimum absolute atomic E-state index is 0.174. The summed E-state index contributed by atoms with van der Waals surface area (Å²) in [7, 11) is 1.76. The zero-order chi connectivity index (χ0) is 11.3. The number of hydrogen-bond donors (Lipinski definition) is 2. The number of nitrogens with one attached hydrogen (secondary N) is 1. The second-order valence-corrected chi connectivity index (χ2v) is 5.27. The lowest BCUT2D eigenvalue weighted by molar-refractivity contribution is -0.0183. The van der Waals surface area contributed by atoms with Gasteiger partial charge in [-0.15, -0.1) is 0 Å². The maximum atomic E-state index is 5.62. The van der Waals surface area contributed by atoms with Crippen LogP contribution in [0.4, 0.5) is 0 Å². The lowest BCUT2D eigenvalue weighted by Crippen LogP contribution is -2.52. The lowest BCUT2D eigenvalue weighted by Gasteiger charge is -2.35. The summed E-state index contributed by atoms with van der Waals surface area (Å²) in [5.74, 6) is 6.45. The van der Waals surface area contributed by atoms with Crippen molar-refractivity contribution >= 4 is 0 Å². The van der Waals surface area contributed by atoms with Crippen LogP contribution in [0, 0.1) is 5.92 Å². The van der Waals surface area contributed by atoms with Crippen LogP contribution in [0.3, 0.4) is 0 Å². The third kappa shape index (κ3) is 3.74. The minimum Gasteiger partial charge on any atom is -0.377 e. The summed E-state index contributed by atoms with van der Waals surface area (Å²) in [6.45, 7) is 4.20. The quantitative estimate of drug-likeness (QED) is 0.545. The normalized spacial score (nSPS) is 21.6. The summed E-state index contributed by atoms with van der Waals surface area (Å²) in [4.78, 5) is 0. The highest BCUT2D eigenvalue weighted by Crippen LogP contribution is 2.30. The highest BCUT2D eigenvalue weighted by atomic mass is 16.5. The first kappa shape index (κ1) is 12.9. The molecule has 3 heteroatoms. The Morgan fingerprint density at radius 1 is 1.33 bits per heavy atom. The van der Waals surface area contributed by atoms with Gasteiger partial charge in [-0.1, -0.05) is 32.1 Å². The highest BCUT2D eigenvalue weighted by Gasteiger charge is 2.30. The van der Waals surface area contributed by atoms with Crippen molar-refractivity contribution in [2.45, 2.75) is 64.0 Å². The van der Waals surface area contributed by atoms with Crippen LogP contribution in [0.1, 0.15) is 52.4 Å². The molecule has 15 heavy (non-hydrogen) atoms. The zero-order valence-electron chi connectivity index (χ0n) is 10.4. The van der Waals surface area contributed by atoms with Gasteiger partial charge >= 0.3 is 0 Å². The van der Waals surface area contributed by atoms with Gasteiger partial charge in [0.05, 0.1) is 5.60 Å². The zero-order valence-corrected chi connectivity index (χ0v) is 10.4. The van der Waals surface area contributed by atoms with Crippen molar-refractivity contribution in [3.05, 3.63) is 0 Å². The number of hydrazine groups is 1. The fourth-order valence-electron chi connectivity index (χ4n) is 2.45. The first-order chi connectivity index (χ1) is 7.10. The third-order valence-corrected chi connectivity index (χ3v) is 3.86. The summed E-state index contributed by atoms with van der Waals surface area (Å²) >= 11 is 0. The van der Waals surface area contributed by atoms with Gasteiger partial charge in [-0.2, -0.15) is 0 Å². The predicted octanol–water partition coefficient (Wildman–Crippen LogP) is 2.21. The molecule has 1 saturated carbocycles. The Labute approximate surface area is 93.7 Å². The smallest absolute Gasteiger partial charge is 0.0788 e. The summed E-state index contributed by atoms with van der Waals surface area (Å²) in [5.41, 5.74) is 2.74. The maximum Gasteiger partial charge on any atom is 0.0788 e. The van der Waals surface area contributed by atoms with Gasteiger partial charge in [0.2, 0.25) is 0 Å². The second-order valence-electron chi connectivity index (χ2n) is 5.27. The second kappa shape index (κ2) is 5.83. The molecule has 0 radical (unpaired) electrons. The fraction of sp³-hybridized carbons (Fsp3) is 1.00. The Morgan fingerprint density at radius 2 is 1.93 bits per heavy atom. The van der Waals surface area contributed by atoms with Gasteiger partial charge in [0.25, 0.3) is 0 Å². The van der Waals surface area contributed by atoms with E-state index in [9.17, 15) is 0 Å². The predicted molar refractivity (Wildman–Crippen MR) is 63.4 cm³/mol. The van der Waals surface area contributed by atoms with Crippen LogP contribution in [0.2, 0.25) is 0 Å². The molecule has 1 aliphatic carbocycles. The SMILES string of the molecule is COC(C)(C)C(CC1CCCCC1)NN. The molecule has 0 heterocycles. The molecule has 0 amide bonds. The van der Waals surface area contributed by atoms with Crippen LogP contribution < -0.4 is 11.3 Å². The monoisotopic (exact) mass is 214 g/mol. The van der Waals surface area contributed by atoms with E-state index >= 15 is 0 Å². The molecule has 1 aliphatic rings. The molecule has 90 valence electrons. The fourth-order valence-corrected chi connectivity index (χ4v) is 2.45. The van der Waals surface area contributed by atoms with E-state index in [-0.39, 0.29) is 11.6 Å². The van der Waals surface area contributed by atoms with Crippen molar-refractivity contribution in [2.24, 2.45) is 11.8 Å². The average Bonchev–Trinajstić information content (AvgIpc) is 2.27.